The van der Waals surface area contributed by atoms with Crippen molar-refractivity contribution >= 4 is 23.3 Å². The van der Waals surface area contributed by atoms with Crippen molar-refractivity contribution in [1.29, 1.82) is 0 Å². The minimum absolute atomic E-state index is 0.0142. The van der Waals surface area contributed by atoms with Gasteiger partial charge in [0.2, 0.25) is 17.0 Å². The van der Waals surface area contributed by atoms with Gasteiger partial charge in [0.15, 0.2) is 17.3 Å². The van der Waals surface area contributed by atoms with Crippen molar-refractivity contribution in [3.63, 3.8) is 0 Å². The number of benzene rings is 1. The molecule has 0 saturated carbocycles. The van der Waals surface area contributed by atoms with Crippen LogP contribution in [-0.2, 0) is 4.74 Å². The number of halogens is 1. The molecule has 0 radical (unpaired) electrons. The molecular weight excluding hydrogens is 376 g/mol. The van der Waals surface area contributed by atoms with E-state index in [0.29, 0.717) is 37.8 Å². The van der Waals surface area contributed by atoms with E-state index in [0.717, 1.165) is 0 Å². The van der Waals surface area contributed by atoms with Crippen LogP contribution in [0.25, 0.3) is 0 Å². The zero-order chi connectivity index (χ0) is 19.4. The number of rotatable bonds is 5. The largest absolute Gasteiger partial charge is 0.502 e. The fraction of sp³-hybridized carbons (Fsp3) is 0.375. The van der Waals surface area contributed by atoms with Crippen LogP contribution in [0.3, 0.4) is 0 Å². The van der Waals surface area contributed by atoms with Gasteiger partial charge in [-0.05, 0) is 23.7 Å². The maximum Gasteiger partial charge on any atom is 0.230 e. The average molecular weight is 395 g/mol. The van der Waals surface area contributed by atoms with E-state index >= 15 is 0 Å². The van der Waals surface area contributed by atoms with Gasteiger partial charge in [0.25, 0.3) is 0 Å². The zero-order valence-corrected chi connectivity index (χ0v) is 15.6. The van der Waals surface area contributed by atoms with E-state index < -0.39 is 0 Å². The molecule has 10 nitrogen and oxygen atoms in total. The molecule has 0 aliphatic carbocycles. The molecule has 144 valence electrons. The van der Waals surface area contributed by atoms with Crippen LogP contribution in [0.2, 0.25) is 5.28 Å². The molecule has 1 aliphatic rings. The smallest absolute Gasteiger partial charge is 0.230 e. The van der Waals surface area contributed by atoms with E-state index in [4.69, 9.17) is 31.7 Å². The lowest BCUT2D eigenvalue weighted by molar-refractivity contribution is 0.122. The van der Waals surface area contributed by atoms with Gasteiger partial charge in [0, 0.05) is 18.7 Å². The first-order valence-electron chi connectivity index (χ1n) is 8.05. The monoisotopic (exact) mass is 394 g/mol. The molecule has 27 heavy (non-hydrogen) atoms. The molecule has 0 atom stereocenters. The van der Waals surface area contributed by atoms with Gasteiger partial charge in [-0.2, -0.15) is 20.1 Å². The molecule has 1 fully saturated rings. The number of aromatic hydroxyl groups is 1. The molecular formula is C16H19ClN6O4. The molecule has 2 aromatic rings. The van der Waals surface area contributed by atoms with Gasteiger partial charge in [-0.25, -0.2) is 0 Å². The third kappa shape index (κ3) is 3.96. The van der Waals surface area contributed by atoms with Crippen LogP contribution in [0.15, 0.2) is 17.2 Å². The van der Waals surface area contributed by atoms with Gasteiger partial charge < -0.3 is 30.1 Å². The number of phenolic OH excluding ortho intramolecular Hbond substituents is 1. The predicted octanol–water partition coefficient (Wildman–Crippen LogP) is 0.795. The third-order valence-electron chi connectivity index (χ3n) is 3.98. The summed E-state index contributed by atoms with van der Waals surface area (Å²) in [4.78, 5) is 14.7. The summed E-state index contributed by atoms with van der Waals surface area (Å²) in [6.45, 7) is 2.41. The highest BCUT2D eigenvalue weighted by molar-refractivity contribution is 6.28. The molecule has 3 rings (SSSR count). The SMILES string of the molecule is COc1cc(C(=NN)c2nc(Cl)nc(N3CCOCC3)n2)cc(OC)c1O. The number of hydrogen-bond acceptors (Lipinski definition) is 10. The number of ether oxygens (including phenoxy) is 3. The molecule has 1 aromatic carbocycles. The van der Waals surface area contributed by atoms with Crippen LogP contribution in [0.4, 0.5) is 5.95 Å². The summed E-state index contributed by atoms with van der Waals surface area (Å²) in [5.41, 5.74) is 0.726. The number of nitrogens with two attached hydrogens (primary N) is 1. The molecule has 1 aliphatic heterocycles. The lowest BCUT2D eigenvalue weighted by Gasteiger charge is -2.26. The molecule has 11 heteroatoms. The van der Waals surface area contributed by atoms with Gasteiger partial charge >= 0.3 is 0 Å². The third-order valence-corrected chi connectivity index (χ3v) is 4.15. The maximum absolute atomic E-state index is 10.1. The second kappa shape index (κ2) is 8.23. The number of nitrogens with zero attached hydrogens (tertiary/aromatic N) is 5. The summed E-state index contributed by atoms with van der Waals surface area (Å²) >= 11 is 6.09. The summed E-state index contributed by atoms with van der Waals surface area (Å²) in [5.74, 6) is 6.45. The Morgan fingerprint density at radius 2 is 1.81 bits per heavy atom. The molecule has 0 spiro atoms. The Bertz CT molecular complexity index is 832. The second-order valence-corrected chi connectivity index (χ2v) is 5.87. The van der Waals surface area contributed by atoms with Crippen LogP contribution < -0.4 is 20.2 Å². The van der Waals surface area contributed by atoms with E-state index in [2.05, 4.69) is 20.1 Å². The summed E-state index contributed by atoms with van der Waals surface area (Å²) in [6.07, 6.45) is 0. The van der Waals surface area contributed by atoms with Crippen molar-refractivity contribution in [2.45, 2.75) is 0 Å². The Morgan fingerprint density at radius 1 is 1.19 bits per heavy atom. The maximum atomic E-state index is 10.1. The first kappa shape index (κ1) is 18.9. The highest BCUT2D eigenvalue weighted by atomic mass is 35.5. The van der Waals surface area contributed by atoms with Crippen molar-refractivity contribution in [2.24, 2.45) is 10.9 Å². The Labute approximate surface area is 160 Å². The number of anilines is 1. The Kier molecular flexibility index (Phi) is 5.77. The van der Waals surface area contributed by atoms with Crippen molar-refractivity contribution in [3.05, 3.63) is 28.8 Å². The summed E-state index contributed by atoms with van der Waals surface area (Å²) in [6, 6.07) is 3.10. The van der Waals surface area contributed by atoms with E-state index in [1.54, 1.807) is 12.1 Å². The summed E-state index contributed by atoms with van der Waals surface area (Å²) in [7, 11) is 2.85. The number of aromatic nitrogens is 3. The van der Waals surface area contributed by atoms with E-state index in [9.17, 15) is 5.11 Å². The molecule has 0 bridgehead atoms. The molecule has 1 aromatic heterocycles. The molecule has 0 unspecified atom stereocenters. The highest BCUT2D eigenvalue weighted by Gasteiger charge is 2.21. The van der Waals surface area contributed by atoms with E-state index in [1.165, 1.54) is 14.2 Å². The summed E-state index contributed by atoms with van der Waals surface area (Å²) < 4.78 is 15.7. The first-order chi connectivity index (χ1) is 13.1. The number of hydrogen-bond donors (Lipinski definition) is 2. The fourth-order valence-corrected chi connectivity index (χ4v) is 2.80. The minimum atomic E-state index is -0.136. The van der Waals surface area contributed by atoms with Gasteiger partial charge in [-0.15, -0.1) is 0 Å². The zero-order valence-electron chi connectivity index (χ0n) is 14.8. The quantitative estimate of drug-likeness (QED) is 0.429. The number of hydrazone groups is 1. The van der Waals surface area contributed by atoms with Crippen molar-refractivity contribution in [2.75, 3.05) is 45.4 Å². The lowest BCUT2D eigenvalue weighted by atomic mass is 10.1. The number of morpholine rings is 1. The average Bonchev–Trinajstić information content (AvgIpc) is 2.69. The minimum Gasteiger partial charge on any atom is -0.502 e. The second-order valence-electron chi connectivity index (χ2n) is 5.53. The molecule has 0 amide bonds. The summed E-state index contributed by atoms with van der Waals surface area (Å²) in [5, 5.41) is 13.9. The first-order valence-corrected chi connectivity index (χ1v) is 8.43. The van der Waals surface area contributed by atoms with Gasteiger partial charge in [0.05, 0.1) is 27.4 Å². The topological polar surface area (TPSA) is 128 Å². The van der Waals surface area contributed by atoms with Crippen molar-refractivity contribution in [3.8, 4) is 17.2 Å². The normalized spacial score (nSPS) is 14.9. The van der Waals surface area contributed by atoms with Crippen LogP contribution in [0, 0.1) is 0 Å². The van der Waals surface area contributed by atoms with E-state index in [-0.39, 0.29) is 34.1 Å². The van der Waals surface area contributed by atoms with Crippen LogP contribution >= 0.6 is 11.6 Å². The standard InChI is InChI=1S/C16H19ClN6O4/c1-25-10-7-9(8-11(26-2)13(10)24)12(22-18)14-19-15(17)21-16(20-14)23-3-5-27-6-4-23/h7-8,24H,3-6,18H2,1-2H3. The van der Waals surface area contributed by atoms with Gasteiger partial charge in [0.1, 0.15) is 5.71 Å². The van der Waals surface area contributed by atoms with E-state index in [1.807, 2.05) is 4.90 Å². The highest BCUT2D eigenvalue weighted by Crippen LogP contribution is 2.37. The molecule has 1 saturated heterocycles. The predicted molar refractivity (Wildman–Crippen MR) is 98.9 cm³/mol. The molecule has 2 heterocycles. The van der Waals surface area contributed by atoms with Crippen molar-refractivity contribution in [1.82, 2.24) is 15.0 Å². The number of phenols is 1. The Hall–Kier alpha value is -2.85. The molecule has 3 N–H and O–H groups in total. The lowest BCUT2D eigenvalue weighted by Crippen LogP contribution is -2.37. The Balaban J connectivity index is 2.05. The van der Waals surface area contributed by atoms with Gasteiger partial charge in [-0.1, -0.05) is 0 Å². The van der Waals surface area contributed by atoms with Crippen molar-refractivity contribution < 1.29 is 19.3 Å². The van der Waals surface area contributed by atoms with Crippen LogP contribution in [-0.4, -0.2) is 66.3 Å². The Morgan fingerprint density at radius 3 is 2.37 bits per heavy atom. The number of methoxy groups -OCH3 is 2. The van der Waals surface area contributed by atoms with Crippen LogP contribution in [0.1, 0.15) is 11.4 Å². The van der Waals surface area contributed by atoms with Gasteiger partial charge in [-0.3, -0.25) is 0 Å². The fourth-order valence-electron chi connectivity index (χ4n) is 2.64. The van der Waals surface area contributed by atoms with Crippen LogP contribution in [0.5, 0.6) is 17.2 Å².